The van der Waals surface area contributed by atoms with E-state index in [1.165, 1.54) is 0 Å². The number of hydrogen-bond acceptors (Lipinski definition) is 2. The van der Waals surface area contributed by atoms with Gasteiger partial charge in [-0.2, -0.15) is 0 Å². The van der Waals surface area contributed by atoms with Crippen LogP contribution >= 0.6 is 0 Å². The molecule has 2 nitrogen and oxygen atoms in total. The average Bonchev–Trinajstić information content (AvgIpc) is 2.25. The van der Waals surface area contributed by atoms with Crippen molar-refractivity contribution >= 4 is 29.3 Å². The molecule has 4 heteroatoms. The Morgan fingerprint density at radius 2 is 1.93 bits per heavy atom. The summed E-state index contributed by atoms with van der Waals surface area (Å²) in [5.41, 5.74) is 0. The maximum absolute atomic E-state index is 11.5. The van der Waals surface area contributed by atoms with E-state index in [9.17, 15) is 8.42 Å². The second-order valence-electron chi connectivity index (χ2n) is 3.10. The topological polar surface area (TPSA) is 34.1 Å². The van der Waals surface area contributed by atoms with E-state index in [2.05, 4.69) is 6.58 Å². The zero-order valence-electron chi connectivity index (χ0n) is 8.43. The van der Waals surface area contributed by atoms with Gasteiger partial charge in [-0.1, -0.05) is 0 Å². The first-order valence-corrected chi connectivity index (χ1v) is 8.52. The van der Waals surface area contributed by atoms with E-state index in [1.807, 2.05) is 30.3 Å². The summed E-state index contributed by atoms with van der Waals surface area (Å²) in [5, 5.41) is 0. The van der Waals surface area contributed by atoms with Gasteiger partial charge in [-0.05, 0) is 0 Å². The van der Waals surface area contributed by atoms with Gasteiger partial charge in [-0.3, -0.25) is 0 Å². The summed E-state index contributed by atoms with van der Waals surface area (Å²) in [6.45, 7) is 3.52. The van der Waals surface area contributed by atoms with E-state index in [0.717, 1.165) is 4.46 Å². The first-order valence-electron chi connectivity index (χ1n) is 4.63. The van der Waals surface area contributed by atoms with Gasteiger partial charge in [0.15, 0.2) is 0 Å². The van der Waals surface area contributed by atoms with Crippen molar-refractivity contribution in [2.45, 2.75) is 6.42 Å². The molecule has 0 spiro atoms. The van der Waals surface area contributed by atoms with Gasteiger partial charge in [0, 0.05) is 0 Å². The number of allylic oxidation sites excluding steroid dienone is 1. The summed E-state index contributed by atoms with van der Waals surface area (Å²) in [5.74, 6) is 0.227. The molecule has 15 heavy (non-hydrogen) atoms. The van der Waals surface area contributed by atoms with E-state index < -0.39 is 9.84 Å². The predicted molar refractivity (Wildman–Crippen MR) is 65.3 cm³/mol. The number of rotatable bonds is 6. The Kier molecular flexibility index (Phi) is 5.09. The summed E-state index contributed by atoms with van der Waals surface area (Å²) in [6.07, 6.45) is 2.19. The third-order valence-corrected chi connectivity index (χ3v) is 7.39. The fourth-order valence-electron chi connectivity index (χ4n) is 0.996. The number of hydrogen-bond donors (Lipinski definition) is 0. The molecule has 0 aliphatic carbocycles. The first kappa shape index (κ1) is 12.5. The van der Waals surface area contributed by atoms with Crippen LogP contribution in [0.2, 0.25) is 0 Å². The first-order chi connectivity index (χ1) is 7.14. The Morgan fingerprint density at radius 1 is 1.27 bits per heavy atom. The van der Waals surface area contributed by atoms with Crippen LogP contribution in [0.5, 0.6) is 0 Å². The second-order valence-corrected chi connectivity index (χ2v) is 8.31. The minimum absolute atomic E-state index is 0.0290. The molecular formula is C11H14O2SSe. The maximum atomic E-state index is 11.5. The summed E-state index contributed by atoms with van der Waals surface area (Å²) < 4.78 is 24.5. The molecule has 1 aromatic carbocycles. The summed E-state index contributed by atoms with van der Waals surface area (Å²) in [7, 11) is -2.89. The van der Waals surface area contributed by atoms with Crippen molar-refractivity contribution in [3.05, 3.63) is 43.0 Å². The van der Waals surface area contributed by atoms with E-state index in [0.29, 0.717) is 6.42 Å². The molecule has 0 atom stereocenters. The quantitative estimate of drug-likeness (QED) is 0.577. The summed E-state index contributed by atoms with van der Waals surface area (Å²) in [6, 6.07) is 9.76. The van der Waals surface area contributed by atoms with Gasteiger partial charge in [-0.15, -0.1) is 0 Å². The van der Waals surface area contributed by atoms with Crippen molar-refractivity contribution in [3.8, 4) is 0 Å². The molecule has 0 unspecified atom stereocenters. The van der Waals surface area contributed by atoms with Crippen LogP contribution in [0.15, 0.2) is 43.0 Å². The van der Waals surface area contributed by atoms with Crippen LogP contribution in [0.1, 0.15) is 6.42 Å². The molecule has 1 rings (SSSR count). The molecule has 0 N–H and O–H groups in total. The average molecular weight is 289 g/mol. The van der Waals surface area contributed by atoms with Crippen molar-refractivity contribution in [2.75, 3.05) is 10.4 Å². The van der Waals surface area contributed by atoms with Crippen molar-refractivity contribution < 1.29 is 8.42 Å². The van der Waals surface area contributed by atoms with Crippen molar-refractivity contribution in [2.24, 2.45) is 0 Å². The Balaban J connectivity index is 2.46. The molecular weight excluding hydrogens is 275 g/mol. The molecule has 0 amide bonds. The van der Waals surface area contributed by atoms with Crippen LogP contribution in [-0.2, 0) is 9.84 Å². The third kappa shape index (κ3) is 5.17. The van der Waals surface area contributed by atoms with Gasteiger partial charge in [-0.25, -0.2) is 0 Å². The second kappa shape index (κ2) is 6.11. The minimum atomic E-state index is -2.89. The molecule has 82 valence electrons. The molecule has 0 aromatic heterocycles. The van der Waals surface area contributed by atoms with Gasteiger partial charge < -0.3 is 0 Å². The van der Waals surface area contributed by atoms with E-state index in [4.69, 9.17) is 0 Å². The van der Waals surface area contributed by atoms with Crippen LogP contribution in [0.4, 0.5) is 0 Å². The van der Waals surface area contributed by atoms with Gasteiger partial charge in [0.05, 0.1) is 0 Å². The standard InChI is InChI=1S/C11H14O2SSe/c1-2-3-9-14(12,13)10-15-11-7-5-4-6-8-11/h2,4-8H,1,3,9-10H2. The molecule has 1 aromatic rings. The Labute approximate surface area is 97.5 Å². The van der Waals surface area contributed by atoms with Crippen LogP contribution in [0, 0.1) is 0 Å². The van der Waals surface area contributed by atoms with Crippen LogP contribution in [-0.4, -0.2) is 33.8 Å². The summed E-state index contributed by atoms with van der Waals surface area (Å²) >= 11 is 0.0290. The molecule has 0 radical (unpaired) electrons. The molecule has 0 aliphatic rings. The van der Waals surface area contributed by atoms with Crippen molar-refractivity contribution in [1.29, 1.82) is 0 Å². The zero-order valence-corrected chi connectivity index (χ0v) is 11.0. The Bertz CT molecular complexity index is 398. The molecule has 0 fully saturated rings. The van der Waals surface area contributed by atoms with Crippen molar-refractivity contribution in [1.82, 2.24) is 0 Å². The third-order valence-electron chi connectivity index (χ3n) is 1.78. The van der Waals surface area contributed by atoms with Crippen LogP contribution in [0.3, 0.4) is 0 Å². The van der Waals surface area contributed by atoms with Crippen LogP contribution in [0.25, 0.3) is 0 Å². The Hall–Kier alpha value is -0.571. The SMILES string of the molecule is C=CCCS(=O)(=O)C[Se]c1ccccc1. The van der Waals surface area contributed by atoms with Crippen LogP contribution < -0.4 is 4.46 Å². The van der Waals surface area contributed by atoms with E-state index >= 15 is 0 Å². The number of sulfone groups is 1. The fourth-order valence-corrected chi connectivity index (χ4v) is 5.42. The van der Waals surface area contributed by atoms with Gasteiger partial charge in [0.2, 0.25) is 0 Å². The Morgan fingerprint density at radius 3 is 2.53 bits per heavy atom. The predicted octanol–water partition coefficient (Wildman–Crippen LogP) is 0.964. The molecule has 0 heterocycles. The van der Waals surface area contributed by atoms with E-state index in [1.54, 1.807) is 6.08 Å². The monoisotopic (exact) mass is 290 g/mol. The zero-order chi connectivity index (χ0) is 11.1. The van der Waals surface area contributed by atoms with Gasteiger partial charge in [0.1, 0.15) is 0 Å². The van der Waals surface area contributed by atoms with Gasteiger partial charge >= 0.3 is 97.5 Å². The molecule has 0 aliphatic heterocycles. The summed E-state index contributed by atoms with van der Waals surface area (Å²) in [4.78, 5) is 0. The van der Waals surface area contributed by atoms with Crippen molar-refractivity contribution in [3.63, 3.8) is 0 Å². The normalized spacial score (nSPS) is 11.2. The molecule has 0 saturated carbocycles. The fraction of sp³-hybridized carbons (Fsp3) is 0.273. The molecule has 0 saturated heterocycles. The van der Waals surface area contributed by atoms with Gasteiger partial charge in [0.25, 0.3) is 0 Å². The van der Waals surface area contributed by atoms with E-state index in [-0.39, 0.29) is 25.4 Å². The molecule has 0 bridgehead atoms. The number of benzene rings is 1.